The van der Waals surface area contributed by atoms with E-state index >= 15 is 0 Å². The van der Waals surface area contributed by atoms with Gasteiger partial charge < -0.3 is 10.2 Å². The van der Waals surface area contributed by atoms with Gasteiger partial charge >= 0.3 is 0 Å². The van der Waals surface area contributed by atoms with Gasteiger partial charge in [-0.1, -0.05) is 0 Å². The largest absolute Gasteiger partial charge is 0.351 e. The van der Waals surface area contributed by atoms with Gasteiger partial charge in [0, 0.05) is 32.6 Å². The highest BCUT2D eigenvalue weighted by atomic mass is 19.1. The second-order valence-electron chi connectivity index (χ2n) is 4.35. The number of nitrogens with one attached hydrogen (secondary N) is 1. The van der Waals surface area contributed by atoms with Crippen molar-refractivity contribution in [3.05, 3.63) is 35.4 Å². The van der Waals surface area contributed by atoms with Crippen LogP contribution in [0, 0.1) is 23.0 Å². The maximum absolute atomic E-state index is 13.3. The van der Waals surface area contributed by atoms with Crippen molar-refractivity contribution in [2.75, 3.05) is 20.1 Å². The SMILES string of the molecule is CN(CCC#N)C(=O)CCNC(=O)c1ccc(F)cc1F. The predicted molar refractivity (Wildman–Crippen MR) is 71.2 cm³/mol. The van der Waals surface area contributed by atoms with Crippen molar-refractivity contribution >= 4 is 11.8 Å². The fraction of sp³-hybridized carbons (Fsp3) is 0.357. The minimum absolute atomic E-state index is 0.0331. The monoisotopic (exact) mass is 295 g/mol. The van der Waals surface area contributed by atoms with Gasteiger partial charge in [-0.2, -0.15) is 5.26 Å². The van der Waals surface area contributed by atoms with E-state index in [9.17, 15) is 18.4 Å². The van der Waals surface area contributed by atoms with E-state index < -0.39 is 17.5 Å². The van der Waals surface area contributed by atoms with Crippen LogP contribution >= 0.6 is 0 Å². The number of hydrogen-bond acceptors (Lipinski definition) is 3. The summed E-state index contributed by atoms with van der Waals surface area (Å²) in [7, 11) is 1.56. The second-order valence-corrected chi connectivity index (χ2v) is 4.35. The number of nitrogens with zero attached hydrogens (tertiary/aromatic N) is 2. The van der Waals surface area contributed by atoms with Crippen LogP contribution in [0.1, 0.15) is 23.2 Å². The fourth-order valence-corrected chi connectivity index (χ4v) is 1.59. The van der Waals surface area contributed by atoms with E-state index in [1.807, 2.05) is 6.07 Å². The first-order valence-electron chi connectivity index (χ1n) is 6.30. The summed E-state index contributed by atoms with van der Waals surface area (Å²) in [6, 6.07) is 4.57. The van der Waals surface area contributed by atoms with Gasteiger partial charge in [0.15, 0.2) is 0 Å². The van der Waals surface area contributed by atoms with Gasteiger partial charge in [-0.15, -0.1) is 0 Å². The molecule has 0 saturated carbocycles. The number of carbonyl (C=O) groups is 2. The molecule has 0 saturated heterocycles. The first-order chi connectivity index (χ1) is 9.95. The highest BCUT2D eigenvalue weighted by molar-refractivity contribution is 5.94. The van der Waals surface area contributed by atoms with Crippen molar-refractivity contribution in [3.63, 3.8) is 0 Å². The lowest BCUT2D eigenvalue weighted by Gasteiger charge is -2.15. The van der Waals surface area contributed by atoms with Gasteiger partial charge in [-0.3, -0.25) is 9.59 Å². The molecule has 112 valence electrons. The molecule has 0 bridgehead atoms. The normalized spacial score (nSPS) is 9.81. The summed E-state index contributed by atoms with van der Waals surface area (Å²) in [5.74, 6) is -2.66. The van der Waals surface area contributed by atoms with Crippen LogP contribution in [0.2, 0.25) is 0 Å². The topological polar surface area (TPSA) is 73.2 Å². The Bertz CT molecular complexity index is 570. The summed E-state index contributed by atoms with van der Waals surface area (Å²) in [5, 5.41) is 10.8. The molecule has 0 unspecified atom stereocenters. The second kappa shape index (κ2) is 7.94. The summed E-state index contributed by atoms with van der Waals surface area (Å²) in [6.07, 6.45) is 0.270. The lowest BCUT2D eigenvalue weighted by molar-refractivity contribution is -0.129. The molecule has 0 atom stereocenters. The van der Waals surface area contributed by atoms with Crippen LogP contribution in [0.3, 0.4) is 0 Å². The van der Waals surface area contributed by atoms with E-state index in [0.717, 1.165) is 12.1 Å². The number of rotatable bonds is 6. The third-order valence-corrected chi connectivity index (χ3v) is 2.78. The van der Waals surface area contributed by atoms with Gasteiger partial charge in [0.25, 0.3) is 5.91 Å². The Kier molecular flexibility index (Phi) is 6.27. The van der Waals surface area contributed by atoms with Crippen LogP contribution < -0.4 is 5.32 Å². The first kappa shape index (κ1) is 16.6. The van der Waals surface area contributed by atoms with Gasteiger partial charge in [-0.05, 0) is 12.1 Å². The molecule has 1 aromatic carbocycles. The number of halogens is 2. The Hall–Kier alpha value is -2.49. The molecule has 5 nitrogen and oxygen atoms in total. The third-order valence-electron chi connectivity index (χ3n) is 2.78. The number of benzene rings is 1. The van der Waals surface area contributed by atoms with Crippen LogP contribution in [0.15, 0.2) is 18.2 Å². The lowest BCUT2D eigenvalue weighted by atomic mass is 10.2. The summed E-state index contributed by atoms with van der Waals surface area (Å²) >= 11 is 0. The van der Waals surface area contributed by atoms with Gasteiger partial charge in [0.05, 0.1) is 18.1 Å². The highest BCUT2D eigenvalue weighted by Gasteiger charge is 2.13. The van der Waals surface area contributed by atoms with Crippen LogP contribution in [0.4, 0.5) is 8.78 Å². The molecule has 0 heterocycles. The van der Waals surface area contributed by atoms with Crippen molar-refractivity contribution in [2.45, 2.75) is 12.8 Å². The van der Waals surface area contributed by atoms with E-state index in [-0.39, 0.29) is 30.9 Å². The minimum atomic E-state index is -0.954. The molecule has 0 fully saturated rings. The summed E-state index contributed by atoms with van der Waals surface area (Å²) in [6.45, 7) is 0.348. The molecular formula is C14H15F2N3O2. The Labute approximate surface area is 121 Å². The quantitative estimate of drug-likeness (QED) is 0.863. The molecule has 0 radical (unpaired) electrons. The molecule has 0 aliphatic carbocycles. The Morgan fingerprint density at radius 2 is 2.10 bits per heavy atom. The Balaban J connectivity index is 2.43. The minimum Gasteiger partial charge on any atom is -0.351 e. The molecule has 0 aliphatic heterocycles. The van der Waals surface area contributed by atoms with E-state index in [4.69, 9.17) is 5.26 Å². The average Bonchev–Trinajstić information content (AvgIpc) is 2.44. The molecule has 1 aromatic rings. The van der Waals surface area contributed by atoms with Crippen LogP contribution in [-0.4, -0.2) is 36.9 Å². The molecule has 7 heteroatoms. The molecule has 21 heavy (non-hydrogen) atoms. The average molecular weight is 295 g/mol. The van der Waals surface area contributed by atoms with Gasteiger partial charge in [0.1, 0.15) is 11.6 Å². The van der Waals surface area contributed by atoms with Crippen LogP contribution in [0.25, 0.3) is 0 Å². The van der Waals surface area contributed by atoms with Crippen molar-refractivity contribution in [3.8, 4) is 6.07 Å². The molecule has 0 aromatic heterocycles. The van der Waals surface area contributed by atoms with Crippen molar-refractivity contribution in [1.82, 2.24) is 10.2 Å². The molecule has 1 N–H and O–H groups in total. The zero-order chi connectivity index (χ0) is 15.8. The smallest absolute Gasteiger partial charge is 0.254 e. The van der Waals surface area contributed by atoms with Crippen LogP contribution in [-0.2, 0) is 4.79 Å². The molecule has 0 aliphatic rings. The lowest BCUT2D eigenvalue weighted by Crippen LogP contribution is -2.32. The number of carbonyl (C=O) groups excluding carboxylic acids is 2. The number of amides is 2. The fourth-order valence-electron chi connectivity index (χ4n) is 1.59. The zero-order valence-corrected chi connectivity index (χ0v) is 11.5. The molecule has 1 rings (SSSR count). The Morgan fingerprint density at radius 3 is 2.71 bits per heavy atom. The zero-order valence-electron chi connectivity index (χ0n) is 11.5. The maximum Gasteiger partial charge on any atom is 0.254 e. The van der Waals surface area contributed by atoms with Gasteiger partial charge in [0.2, 0.25) is 5.91 Å². The number of hydrogen-bond donors (Lipinski definition) is 1. The highest BCUT2D eigenvalue weighted by Crippen LogP contribution is 2.09. The van der Waals surface area contributed by atoms with Crippen molar-refractivity contribution in [1.29, 1.82) is 5.26 Å². The van der Waals surface area contributed by atoms with E-state index in [0.29, 0.717) is 12.6 Å². The molecule has 2 amide bonds. The van der Waals surface area contributed by atoms with Gasteiger partial charge in [-0.25, -0.2) is 8.78 Å². The van der Waals surface area contributed by atoms with Crippen molar-refractivity contribution in [2.24, 2.45) is 0 Å². The Morgan fingerprint density at radius 1 is 1.38 bits per heavy atom. The molecular weight excluding hydrogens is 280 g/mol. The maximum atomic E-state index is 13.3. The predicted octanol–water partition coefficient (Wildman–Crippen LogP) is 1.46. The third kappa shape index (κ3) is 5.18. The van der Waals surface area contributed by atoms with Crippen LogP contribution in [0.5, 0.6) is 0 Å². The molecule has 0 spiro atoms. The number of nitriles is 1. The summed E-state index contributed by atoms with van der Waals surface area (Å²) < 4.78 is 26.1. The first-order valence-corrected chi connectivity index (χ1v) is 6.30. The van der Waals surface area contributed by atoms with Crippen molar-refractivity contribution < 1.29 is 18.4 Å². The van der Waals surface area contributed by atoms with E-state index in [2.05, 4.69) is 5.32 Å². The van der Waals surface area contributed by atoms with E-state index in [1.54, 1.807) is 7.05 Å². The van der Waals surface area contributed by atoms with E-state index in [1.165, 1.54) is 4.90 Å². The summed E-state index contributed by atoms with van der Waals surface area (Å²) in [5.41, 5.74) is -0.276. The standard InChI is InChI=1S/C14H15F2N3O2/c1-19(8-2-6-17)13(20)5-7-18-14(21)11-4-3-10(15)9-12(11)16/h3-4,9H,2,5,7-8H2,1H3,(H,18,21). The summed E-state index contributed by atoms with van der Waals surface area (Å²) in [4.78, 5) is 24.7.